The Morgan fingerprint density at radius 3 is 1.92 bits per heavy atom. The molecule has 2 aliphatic rings. The van der Waals surface area contributed by atoms with Crippen LogP contribution in [0.25, 0.3) is 0 Å². The van der Waals surface area contributed by atoms with Crippen molar-refractivity contribution in [2.45, 2.75) is 70.6 Å². The van der Waals surface area contributed by atoms with E-state index in [0.29, 0.717) is 5.92 Å². The van der Waals surface area contributed by atoms with Gasteiger partial charge >= 0.3 is 0 Å². The topological polar surface area (TPSA) is 0 Å². The van der Waals surface area contributed by atoms with E-state index in [1.807, 2.05) is 0 Å². The molecule has 1 aromatic rings. The molecule has 1 aromatic carbocycles. The smallest absolute Gasteiger partial charge is 0.126 e. The van der Waals surface area contributed by atoms with Gasteiger partial charge in [-0.3, -0.25) is 0 Å². The Labute approximate surface area is 145 Å². The predicted molar refractivity (Wildman–Crippen MR) is 95.9 cm³/mol. The first kappa shape index (κ1) is 17.6. The summed E-state index contributed by atoms with van der Waals surface area (Å²) in [7, 11) is 0. The standard InChI is InChI=1S/C22H30F2/c1-2-3-4-16-5-7-17(8-6-16)18-9-11-19(12-10-18)20-13-21(23)15-22(24)14-20/h2-3,13-19H,4-12H2,1H3. The van der Waals surface area contributed by atoms with Crippen molar-refractivity contribution in [1.29, 1.82) is 0 Å². The highest BCUT2D eigenvalue weighted by Gasteiger charge is 2.31. The van der Waals surface area contributed by atoms with Crippen LogP contribution in [-0.4, -0.2) is 0 Å². The van der Waals surface area contributed by atoms with Crippen LogP contribution in [0.3, 0.4) is 0 Å². The summed E-state index contributed by atoms with van der Waals surface area (Å²) in [4.78, 5) is 0. The lowest BCUT2D eigenvalue weighted by atomic mass is 9.68. The number of hydrogen-bond acceptors (Lipinski definition) is 0. The van der Waals surface area contributed by atoms with Crippen LogP contribution in [0.1, 0.15) is 76.2 Å². The van der Waals surface area contributed by atoms with Crippen LogP contribution < -0.4 is 0 Å². The molecule has 132 valence electrons. The summed E-state index contributed by atoms with van der Waals surface area (Å²) in [5, 5.41) is 0. The van der Waals surface area contributed by atoms with Crippen molar-refractivity contribution < 1.29 is 8.78 Å². The molecule has 0 aliphatic heterocycles. The number of halogens is 2. The van der Waals surface area contributed by atoms with Gasteiger partial charge in [0.05, 0.1) is 0 Å². The predicted octanol–water partition coefficient (Wildman–Crippen LogP) is 7.01. The summed E-state index contributed by atoms with van der Waals surface area (Å²) in [6.07, 6.45) is 15.9. The molecule has 0 spiro atoms. The fourth-order valence-corrected chi connectivity index (χ4v) is 4.96. The highest BCUT2D eigenvalue weighted by Crippen LogP contribution is 2.44. The molecule has 24 heavy (non-hydrogen) atoms. The van der Waals surface area contributed by atoms with Crippen molar-refractivity contribution in [2.24, 2.45) is 17.8 Å². The molecule has 0 amide bonds. The van der Waals surface area contributed by atoms with Gasteiger partial charge in [-0.25, -0.2) is 8.78 Å². The first-order valence-corrected chi connectivity index (χ1v) is 9.73. The second-order valence-electron chi connectivity index (χ2n) is 7.90. The molecule has 2 aliphatic carbocycles. The Balaban J connectivity index is 1.49. The molecular formula is C22H30F2. The highest BCUT2D eigenvalue weighted by atomic mass is 19.1. The van der Waals surface area contributed by atoms with E-state index in [2.05, 4.69) is 19.1 Å². The Bertz CT molecular complexity index is 527. The zero-order valence-electron chi connectivity index (χ0n) is 14.8. The SMILES string of the molecule is CC=CCC1CCC(C2CCC(c3cc(F)cc(F)c3)CC2)CC1. The fourth-order valence-electron chi connectivity index (χ4n) is 4.96. The van der Waals surface area contributed by atoms with Crippen LogP contribution in [0.2, 0.25) is 0 Å². The third kappa shape index (κ3) is 4.46. The minimum atomic E-state index is -0.438. The first-order valence-electron chi connectivity index (χ1n) is 9.73. The third-order valence-electron chi connectivity index (χ3n) is 6.39. The van der Waals surface area contributed by atoms with Crippen LogP contribution in [0.15, 0.2) is 30.4 Å². The molecule has 2 fully saturated rings. The molecule has 2 saturated carbocycles. The molecule has 0 N–H and O–H groups in total. The van der Waals surface area contributed by atoms with Crippen LogP contribution in [0.4, 0.5) is 8.78 Å². The largest absolute Gasteiger partial charge is 0.207 e. The Morgan fingerprint density at radius 2 is 1.38 bits per heavy atom. The van der Waals surface area contributed by atoms with Gasteiger partial charge in [0.25, 0.3) is 0 Å². The zero-order chi connectivity index (χ0) is 16.9. The highest BCUT2D eigenvalue weighted by molar-refractivity contribution is 5.22. The van der Waals surface area contributed by atoms with Crippen LogP contribution in [-0.2, 0) is 0 Å². The van der Waals surface area contributed by atoms with Gasteiger partial charge in [-0.1, -0.05) is 12.2 Å². The molecule has 3 rings (SSSR count). The van der Waals surface area contributed by atoms with Crippen molar-refractivity contribution in [3.05, 3.63) is 47.5 Å². The Morgan fingerprint density at radius 1 is 0.833 bits per heavy atom. The summed E-state index contributed by atoms with van der Waals surface area (Å²) in [5.74, 6) is 2.08. The van der Waals surface area contributed by atoms with E-state index < -0.39 is 11.6 Å². The maximum Gasteiger partial charge on any atom is 0.126 e. The summed E-state index contributed by atoms with van der Waals surface area (Å²) in [6.45, 7) is 2.11. The van der Waals surface area contributed by atoms with Crippen LogP contribution >= 0.6 is 0 Å². The van der Waals surface area contributed by atoms with E-state index in [1.54, 1.807) is 0 Å². The van der Waals surface area contributed by atoms with Crippen molar-refractivity contribution in [3.8, 4) is 0 Å². The quantitative estimate of drug-likeness (QED) is 0.520. The fraction of sp³-hybridized carbons (Fsp3) is 0.636. The van der Waals surface area contributed by atoms with Gasteiger partial charge < -0.3 is 0 Å². The van der Waals surface area contributed by atoms with Crippen LogP contribution in [0, 0.1) is 29.4 Å². The number of rotatable bonds is 4. The average Bonchev–Trinajstić information content (AvgIpc) is 2.60. The summed E-state index contributed by atoms with van der Waals surface area (Å²) >= 11 is 0. The molecule has 0 unspecified atom stereocenters. The molecule has 0 bridgehead atoms. The van der Waals surface area contributed by atoms with Gasteiger partial charge in [0.2, 0.25) is 0 Å². The van der Waals surface area contributed by atoms with E-state index >= 15 is 0 Å². The Kier molecular flexibility index (Phi) is 6.08. The average molecular weight is 332 g/mol. The lowest BCUT2D eigenvalue weighted by Gasteiger charge is -2.38. The van der Waals surface area contributed by atoms with E-state index in [4.69, 9.17) is 0 Å². The van der Waals surface area contributed by atoms with Gasteiger partial charge in [-0.15, -0.1) is 0 Å². The molecular weight excluding hydrogens is 302 g/mol. The van der Waals surface area contributed by atoms with Gasteiger partial charge in [0.15, 0.2) is 0 Å². The normalized spacial score (nSPS) is 31.5. The maximum atomic E-state index is 13.4. The van der Waals surface area contributed by atoms with E-state index in [0.717, 1.165) is 42.2 Å². The van der Waals surface area contributed by atoms with Crippen molar-refractivity contribution in [3.63, 3.8) is 0 Å². The molecule has 2 heteroatoms. The van der Waals surface area contributed by atoms with Gasteiger partial charge in [0.1, 0.15) is 11.6 Å². The lowest BCUT2D eigenvalue weighted by Crippen LogP contribution is -2.25. The number of benzene rings is 1. The molecule has 0 aromatic heterocycles. The summed E-state index contributed by atoms with van der Waals surface area (Å²) < 4.78 is 26.9. The molecule has 0 atom stereocenters. The molecule has 0 heterocycles. The van der Waals surface area contributed by atoms with Gasteiger partial charge in [-0.05, 0) is 106 Å². The number of allylic oxidation sites excluding steroid dienone is 2. The van der Waals surface area contributed by atoms with Crippen molar-refractivity contribution in [2.75, 3.05) is 0 Å². The minimum absolute atomic E-state index is 0.345. The van der Waals surface area contributed by atoms with Gasteiger partial charge in [0, 0.05) is 6.07 Å². The molecule has 0 radical (unpaired) electrons. The minimum Gasteiger partial charge on any atom is -0.207 e. The van der Waals surface area contributed by atoms with Crippen molar-refractivity contribution >= 4 is 0 Å². The van der Waals surface area contributed by atoms with Crippen molar-refractivity contribution in [1.82, 2.24) is 0 Å². The third-order valence-corrected chi connectivity index (χ3v) is 6.39. The second kappa shape index (κ2) is 8.27. The van der Waals surface area contributed by atoms with E-state index in [1.165, 1.54) is 57.1 Å². The molecule has 0 saturated heterocycles. The Hall–Kier alpha value is -1.18. The van der Waals surface area contributed by atoms with Gasteiger partial charge in [-0.2, -0.15) is 0 Å². The first-order chi connectivity index (χ1) is 11.7. The summed E-state index contributed by atoms with van der Waals surface area (Å²) in [6, 6.07) is 4.03. The summed E-state index contributed by atoms with van der Waals surface area (Å²) in [5.41, 5.74) is 0.862. The lowest BCUT2D eigenvalue weighted by molar-refractivity contribution is 0.160. The maximum absolute atomic E-state index is 13.4. The van der Waals surface area contributed by atoms with E-state index in [9.17, 15) is 8.78 Å². The molecule has 0 nitrogen and oxygen atoms in total. The van der Waals surface area contributed by atoms with Crippen LogP contribution in [0.5, 0.6) is 0 Å². The van der Waals surface area contributed by atoms with E-state index in [-0.39, 0.29) is 0 Å². The second-order valence-corrected chi connectivity index (χ2v) is 7.90. The zero-order valence-corrected chi connectivity index (χ0v) is 14.8. The monoisotopic (exact) mass is 332 g/mol. The number of hydrogen-bond donors (Lipinski definition) is 0.